The molecule has 0 saturated heterocycles. The molecule has 0 fully saturated rings. The number of hydrogen-bond donors (Lipinski definition) is 1. The molecule has 0 aliphatic rings. The van der Waals surface area contributed by atoms with Gasteiger partial charge in [-0.3, -0.25) is 9.80 Å². The molecule has 0 aliphatic heterocycles. The Kier molecular flexibility index (Phi) is 4.13. The summed E-state index contributed by atoms with van der Waals surface area (Å²) in [5.41, 5.74) is 1.09. The van der Waals surface area contributed by atoms with Gasteiger partial charge in [-0.2, -0.15) is 0 Å². The van der Waals surface area contributed by atoms with E-state index in [1.54, 1.807) is 0 Å². The molecule has 16 heavy (non-hydrogen) atoms. The molecular weight excluding hydrogens is 214 g/mol. The number of nitrogens with zero attached hydrogens (tertiary/aromatic N) is 2. The Morgan fingerprint density at radius 2 is 1.56 bits per heavy atom. The van der Waals surface area contributed by atoms with Crippen LogP contribution in [0, 0.1) is 0 Å². The summed E-state index contributed by atoms with van der Waals surface area (Å²) < 4.78 is 0. The molecule has 0 heterocycles. The van der Waals surface area contributed by atoms with Crippen molar-refractivity contribution in [1.29, 1.82) is 0 Å². The summed E-state index contributed by atoms with van der Waals surface area (Å²) in [6.45, 7) is 2.14. The molecule has 0 aliphatic carbocycles. The second-order valence-electron chi connectivity index (χ2n) is 4.48. The van der Waals surface area contributed by atoms with E-state index in [2.05, 4.69) is 66.5 Å². The maximum absolute atomic E-state index is 3.60. The summed E-state index contributed by atoms with van der Waals surface area (Å²) >= 11 is 0. The van der Waals surface area contributed by atoms with Gasteiger partial charge in [0, 0.05) is 5.69 Å². The van der Waals surface area contributed by atoms with E-state index < -0.39 is 0 Å². The van der Waals surface area contributed by atoms with Crippen LogP contribution in [0.15, 0.2) is 24.3 Å². The fourth-order valence-corrected chi connectivity index (χ4v) is 1.71. The molecule has 0 aromatic heterocycles. The molecule has 4 heteroatoms. The Labute approximate surface area is 102 Å². The highest BCUT2D eigenvalue weighted by Gasteiger charge is 2.29. The second-order valence-corrected chi connectivity index (χ2v) is 5.02. The largest absolute Gasteiger partial charge is 0.355 e. The van der Waals surface area contributed by atoms with E-state index in [0.29, 0.717) is 0 Å². The second kappa shape index (κ2) is 4.99. The Balaban J connectivity index is 2.98. The number of benzene rings is 1. The van der Waals surface area contributed by atoms with Crippen LogP contribution in [-0.4, -0.2) is 54.0 Å². The Morgan fingerprint density at radius 1 is 1.06 bits per heavy atom. The normalized spacial score (nSPS) is 12.2. The van der Waals surface area contributed by atoms with Gasteiger partial charge in [-0.1, -0.05) is 18.2 Å². The first-order valence-electron chi connectivity index (χ1n) is 5.31. The lowest BCUT2D eigenvalue weighted by Crippen LogP contribution is -2.59. The van der Waals surface area contributed by atoms with E-state index in [-0.39, 0.29) is 5.79 Å². The van der Waals surface area contributed by atoms with Gasteiger partial charge in [-0.15, -0.1) is 0 Å². The zero-order valence-corrected chi connectivity index (χ0v) is 11.7. The minimum Gasteiger partial charge on any atom is -0.355 e. The van der Waals surface area contributed by atoms with Crippen molar-refractivity contribution in [2.75, 3.05) is 33.5 Å². The molecular formula is C12H20N3Si. The first-order chi connectivity index (χ1) is 7.38. The quantitative estimate of drug-likeness (QED) is 0.611. The van der Waals surface area contributed by atoms with Gasteiger partial charge >= 0.3 is 0 Å². The van der Waals surface area contributed by atoms with Crippen molar-refractivity contribution in [3.8, 4) is 0 Å². The smallest absolute Gasteiger partial charge is 0.144 e. The van der Waals surface area contributed by atoms with Gasteiger partial charge < -0.3 is 5.32 Å². The maximum atomic E-state index is 3.60. The van der Waals surface area contributed by atoms with Crippen molar-refractivity contribution in [1.82, 2.24) is 9.80 Å². The molecule has 3 nitrogen and oxygen atoms in total. The van der Waals surface area contributed by atoms with Crippen LogP contribution in [0.5, 0.6) is 0 Å². The Bertz CT molecular complexity index is 342. The van der Waals surface area contributed by atoms with Crippen molar-refractivity contribution < 1.29 is 0 Å². The number of hydrogen-bond acceptors (Lipinski definition) is 3. The number of para-hydroxylation sites is 1. The maximum Gasteiger partial charge on any atom is 0.144 e. The summed E-state index contributed by atoms with van der Waals surface area (Å²) in [6, 6.07) is 8.13. The molecule has 1 N–H and O–H groups in total. The van der Waals surface area contributed by atoms with Gasteiger partial charge in [0.05, 0.1) is 10.2 Å². The van der Waals surface area contributed by atoms with Gasteiger partial charge in [-0.05, 0) is 46.4 Å². The van der Waals surface area contributed by atoms with Crippen LogP contribution in [0.3, 0.4) is 0 Å². The summed E-state index contributed by atoms with van der Waals surface area (Å²) in [7, 11) is 11.8. The van der Waals surface area contributed by atoms with E-state index in [9.17, 15) is 0 Å². The SMILES string of the molecule is CN(C)C(C)(Nc1ccccc1[Si])N(C)C. The van der Waals surface area contributed by atoms with E-state index in [1.807, 2.05) is 18.2 Å². The van der Waals surface area contributed by atoms with Crippen molar-refractivity contribution >= 4 is 21.1 Å². The summed E-state index contributed by atoms with van der Waals surface area (Å²) in [4.78, 5) is 4.29. The fraction of sp³-hybridized carbons (Fsp3) is 0.500. The van der Waals surface area contributed by atoms with Crippen LogP contribution < -0.4 is 10.5 Å². The highest BCUT2D eigenvalue weighted by Crippen LogP contribution is 2.17. The van der Waals surface area contributed by atoms with E-state index in [0.717, 1.165) is 10.9 Å². The van der Waals surface area contributed by atoms with Crippen LogP contribution in [0.1, 0.15) is 6.92 Å². The third kappa shape index (κ3) is 2.64. The lowest BCUT2D eigenvalue weighted by atomic mass is 10.2. The molecule has 0 unspecified atom stereocenters. The zero-order valence-electron chi connectivity index (χ0n) is 10.7. The zero-order chi connectivity index (χ0) is 12.3. The summed E-state index contributed by atoms with van der Waals surface area (Å²) in [6.07, 6.45) is 0. The molecule has 0 atom stereocenters. The van der Waals surface area contributed by atoms with Crippen LogP contribution in [-0.2, 0) is 0 Å². The highest BCUT2D eigenvalue weighted by atomic mass is 28.1. The van der Waals surface area contributed by atoms with Gasteiger partial charge in [-0.25, -0.2) is 0 Å². The minimum absolute atomic E-state index is 0.219. The third-order valence-corrected chi connectivity index (χ3v) is 3.48. The van der Waals surface area contributed by atoms with Crippen molar-refractivity contribution in [2.24, 2.45) is 0 Å². The van der Waals surface area contributed by atoms with Crippen LogP contribution in [0.4, 0.5) is 5.69 Å². The highest BCUT2D eigenvalue weighted by molar-refractivity contribution is 6.35. The van der Waals surface area contributed by atoms with Gasteiger partial charge in [0.25, 0.3) is 0 Å². The molecule has 1 aromatic carbocycles. The standard InChI is InChI=1S/C12H20N3Si/c1-12(14(2)3,15(4)5)13-10-8-6-7-9-11(10)16/h6-9,13H,1-5H3. The first-order valence-corrected chi connectivity index (χ1v) is 5.81. The van der Waals surface area contributed by atoms with Gasteiger partial charge in [0.2, 0.25) is 0 Å². The third-order valence-electron chi connectivity index (χ3n) is 3.04. The van der Waals surface area contributed by atoms with Gasteiger partial charge in [0.15, 0.2) is 0 Å². The lowest BCUT2D eigenvalue weighted by molar-refractivity contribution is 0.0493. The molecule has 0 spiro atoms. The Hall–Kier alpha value is -0.843. The topological polar surface area (TPSA) is 18.5 Å². The molecule has 1 rings (SSSR count). The lowest BCUT2D eigenvalue weighted by Gasteiger charge is -2.43. The van der Waals surface area contributed by atoms with Crippen molar-refractivity contribution in [2.45, 2.75) is 12.7 Å². The molecule has 3 radical (unpaired) electrons. The average molecular weight is 234 g/mol. The predicted molar refractivity (Wildman–Crippen MR) is 71.2 cm³/mol. The van der Waals surface area contributed by atoms with Crippen LogP contribution in [0.2, 0.25) is 0 Å². The molecule has 0 saturated carbocycles. The van der Waals surface area contributed by atoms with E-state index >= 15 is 0 Å². The molecule has 0 bridgehead atoms. The van der Waals surface area contributed by atoms with Crippen molar-refractivity contribution in [3.05, 3.63) is 24.3 Å². The minimum atomic E-state index is -0.219. The fourth-order valence-electron chi connectivity index (χ4n) is 1.47. The molecule has 0 amide bonds. The number of nitrogens with one attached hydrogen (secondary N) is 1. The Morgan fingerprint density at radius 3 is 2.00 bits per heavy atom. The van der Waals surface area contributed by atoms with Crippen LogP contribution in [0.25, 0.3) is 0 Å². The number of rotatable bonds is 4. The predicted octanol–water partition coefficient (Wildman–Crippen LogP) is 0.689. The monoisotopic (exact) mass is 234 g/mol. The van der Waals surface area contributed by atoms with E-state index in [1.165, 1.54) is 0 Å². The summed E-state index contributed by atoms with van der Waals surface area (Å²) in [5.74, 6) is -0.219. The van der Waals surface area contributed by atoms with Crippen molar-refractivity contribution in [3.63, 3.8) is 0 Å². The van der Waals surface area contributed by atoms with E-state index in [4.69, 9.17) is 0 Å². The molecule has 1 aromatic rings. The number of anilines is 1. The average Bonchev–Trinajstić information content (AvgIpc) is 2.20. The van der Waals surface area contributed by atoms with Crippen LogP contribution >= 0.6 is 0 Å². The first kappa shape index (κ1) is 13.2. The molecule has 87 valence electrons. The summed E-state index contributed by atoms with van der Waals surface area (Å²) in [5, 5.41) is 4.59. The van der Waals surface area contributed by atoms with Gasteiger partial charge in [0.1, 0.15) is 5.79 Å².